The molecule has 0 atom stereocenters. The summed E-state index contributed by atoms with van der Waals surface area (Å²) in [5.41, 5.74) is 2.32. The SMILES string of the molecule is CCCCCN(CCCCC)c1cccc(O)c1N(CCCCC)CCCCC. The van der Waals surface area contributed by atoms with Crippen molar-refractivity contribution in [1.82, 2.24) is 0 Å². The second kappa shape index (κ2) is 16.4. The summed E-state index contributed by atoms with van der Waals surface area (Å²) >= 11 is 0. The highest BCUT2D eigenvalue weighted by Crippen LogP contribution is 2.38. The lowest BCUT2D eigenvalue weighted by molar-refractivity contribution is 0.472. The molecule has 1 aromatic carbocycles. The van der Waals surface area contributed by atoms with Crippen molar-refractivity contribution < 1.29 is 5.11 Å². The smallest absolute Gasteiger partial charge is 0.141 e. The predicted molar refractivity (Wildman–Crippen MR) is 131 cm³/mol. The Morgan fingerprint density at radius 2 is 1.00 bits per heavy atom. The van der Waals surface area contributed by atoms with E-state index in [9.17, 15) is 5.11 Å². The largest absolute Gasteiger partial charge is 0.506 e. The summed E-state index contributed by atoms with van der Waals surface area (Å²) < 4.78 is 0. The maximum Gasteiger partial charge on any atom is 0.141 e. The third kappa shape index (κ3) is 9.78. The zero-order valence-electron chi connectivity index (χ0n) is 19.9. The number of anilines is 2. The Kier molecular flexibility index (Phi) is 14.5. The molecule has 0 saturated carbocycles. The topological polar surface area (TPSA) is 26.7 Å². The quantitative estimate of drug-likeness (QED) is 0.253. The molecule has 0 spiro atoms. The molecule has 0 unspecified atom stereocenters. The van der Waals surface area contributed by atoms with Crippen molar-refractivity contribution in [2.24, 2.45) is 0 Å². The van der Waals surface area contributed by atoms with Crippen LogP contribution in [0.3, 0.4) is 0 Å². The van der Waals surface area contributed by atoms with Crippen LogP contribution in [0, 0.1) is 0 Å². The van der Waals surface area contributed by atoms with Crippen LogP contribution in [-0.4, -0.2) is 31.3 Å². The average molecular weight is 405 g/mol. The third-order valence-corrected chi connectivity index (χ3v) is 5.78. The number of nitrogens with zero attached hydrogens (tertiary/aromatic N) is 2. The summed E-state index contributed by atoms with van der Waals surface area (Å²) in [4.78, 5) is 5.02. The number of benzene rings is 1. The van der Waals surface area contributed by atoms with Crippen LogP contribution in [-0.2, 0) is 0 Å². The summed E-state index contributed by atoms with van der Waals surface area (Å²) in [6.07, 6.45) is 14.9. The Balaban J connectivity index is 3.11. The van der Waals surface area contributed by atoms with Gasteiger partial charge in [-0.1, -0.05) is 85.1 Å². The van der Waals surface area contributed by atoms with Gasteiger partial charge < -0.3 is 14.9 Å². The zero-order chi connectivity index (χ0) is 21.3. The van der Waals surface area contributed by atoms with Gasteiger partial charge in [-0.25, -0.2) is 0 Å². The molecule has 0 amide bonds. The van der Waals surface area contributed by atoms with Crippen LogP contribution < -0.4 is 9.80 Å². The van der Waals surface area contributed by atoms with E-state index in [1.165, 1.54) is 82.7 Å². The number of unbranched alkanes of at least 4 members (excludes halogenated alkanes) is 8. The fourth-order valence-electron chi connectivity index (χ4n) is 4.00. The highest BCUT2D eigenvalue weighted by molar-refractivity contribution is 5.77. The van der Waals surface area contributed by atoms with E-state index >= 15 is 0 Å². The molecule has 3 heteroatoms. The van der Waals surface area contributed by atoms with E-state index in [0.29, 0.717) is 5.75 Å². The molecule has 1 aromatic rings. The van der Waals surface area contributed by atoms with Crippen LogP contribution in [0.4, 0.5) is 11.4 Å². The first kappa shape index (κ1) is 25.7. The van der Waals surface area contributed by atoms with Gasteiger partial charge in [0.25, 0.3) is 0 Å². The predicted octanol–water partition coefficient (Wildman–Crippen LogP) is 7.77. The van der Waals surface area contributed by atoms with Crippen LogP contribution in [0.25, 0.3) is 0 Å². The molecule has 1 rings (SSSR count). The van der Waals surface area contributed by atoms with Crippen molar-refractivity contribution in [2.75, 3.05) is 36.0 Å². The Hall–Kier alpha value is -1.38. The minimum atomic E-state index is 0.450. The minimum absolute atomic E-state index is 0.450. The molecule has 0 aliphatic rings. The molecule has 0 aliphatic carbocycles. The van der Waals surface area contributed by atoms with Crippen molar-refractivity contribution >= 4 is 11.4 Å². The standard InChI is InChI=1S/C26H48N2O/c1-5-9-13-20-27(21-14-10-6-2)24-18-17-19-25(29)26(24)28(22-15-11-7-3)23-16-12-8-4/h17-19,29H,5-16,20-23H2,1-4H3. The van der Waals surface area contributed by atoms with E-state index in [2.05, 4.69) is 43.6 Å². The van der Waals surface area contributed by atoms with Crippen LogP contribution in [0.5, 0.6) is 5.75 Å². The highest BCUT2D eigenvalue weighted by Gasteiger charge is 2.19. The molecule has 0 aromatic heterocycles. The summed E-state index contributed by atoms with van der Waals surface area (Å²) in [6, 6.07) is 6.14. The van der Waals surface area contributed by atoms with Crippen molar-refractivity contribution in [3.05, 3.63) is 18.2 Å². The number of hydrogen-bond donors (Lipinski definition) is 1. The van der Waals surface area contributed by atoms with E-state index in [0.717, 1.165) is 31.9 Å². The zero-order valence-corrected chi connectivity index (χ0v) is 19.9. The monoisotopic (exact) mass is 404 g/mol. The fourth-order valence-corrected chi connectivity index (χ4v) is 4.00. The van der Waals surface area contributed by atoms with Crippen molar-refractivity contribution in [3.8, 4) is 5.75 Å². The van der Waals surface area contributed by atoms with Gasteiger partial charge in [-0.15, -0.1) is 0 Å². The number of rotatable bonds is 18. The third-order valence-electron chi connectivity index (χ3n) is 5.78. The summed E-state index contributed by atoms with van der Waals surface area (Å²) in [5, 5.41) is 10.9. The van der Waals surface area contributed by atoms with Crippen molar-refractivity contribution in [3.63, 3.8) is 0 Å². The highest BCUT2D eigenvalue weighted by atomic mass is 16.3. The average Bonchev–Trinajstić information content (AvgIpc) is 2.72. The molecule has 1 N–H and O–H groups in total. The van der Waals surface area contributed by atoms with Crippen LogP contribution in [0.1, 0.15) is 105 Å². The molecule has 29 heavy (non-hydrogen) atoms. The number of hydrogen-bond acceptors (Lipinski definition) is 3. The second-order valence-electron chi connectivity index (χ2n) is 8.45. The molecule has 0 bridgehead atoms. The van der Waals surface area contributed by atoms with Gasteiger partial charge in [0.1, 0.15) is 11.4 Å². The first-order valence-electron chi connectivity index (χ1n) is 12.5. The maximum absolute atomic E-state index is 10.9. The molecule has 0 radical (unpaired) electrons. The maximum atomic E-state index is 10.9. The van der Waals surface area contributed by atoms with Gasteiger partial charge in [0.05, 0.1) is 5.69 Å². The number of phenolic OH excluding ortho intramolecular Hbond substituents is 1. The van der Waals surface area contributed by atoms with E-state index in [4.69, 9.17) is 0 Å². The van der Waals surface area contributed by atoms with E-state index in [-0.39, 0.29) is 0 Å². The summed E-state index contributed by atoms with van der Waals surface area (Å²) in [6.45, 7) is 13.3. The summed E-state index contributed by atoms with van der Waals surface area (Å²) in [7, 11) is 0. The molecule has 0 aliphatic heterocycles. The Morgan fingerprint density at radius 3 is 1.41 bits per heavy atom. The van der Waals surface area contributed by atoms with Gasteiger partial charge >= 0.3 is 0 Å². The van der Waals surface area contributed by atoms with E-state index < -0.39 is 0 Å². The number of aromatic hydroxyl groups is 1. The number of phenols is 1. The van der Waals surface area contributed by atoms with Crippen LogP contribution in [0.15, 0.2) is 18.2 Å². The second-order valence-corrected chi connectivity index (χ2v) is 8.45. The Morgan fingerprint density at radius 1 is 0.586 bits per heavy atom. The molecule has 0 fully saturated rings. The van der Waals surface area contributed by atoms with E-state index in [1.807, 2.05) is 12.1 Å². The lowest BCUT2D eigenvalue weighted by Gasteiger charge is -2.33. The Bertz CT molecular complexity index is 497. The van der Waals surface area contributed by atoms with Crippen LogP contribution >= 0.6 is 0 Å². The van der Waals surface area contributed by atoms with Crippen molar-refractivity contribution in [2.45, 2.75) is 105 Å². The minimum Gasteiger partial charge on any atom is -0.506 e. The molecular weight excluding hydrogens is 356 g/mol. The van der Waals surface area contributed by atoms with Gasteiger partial charge in [0, 0.05) is 26.2 Å². The lowest BCUT2D eigenvalue weighted by Crippen LogP contribution is -2.31. The van der Waals surface area contributed by atoms with E-state index in [1.54, 1.807) is 0 Å². The number of para-hydroxylation sites is 1. The first-order chi connectivity index (χ1) is 14.2. The van der Waals surface area contributed by atoms with Gasteiger partial charge in [-0.05, 0) is 37.8 Å². The van der Waals surface area contributed by atoms with Crippen LogP contribution in [0.2, 0.25) is 0 Å². The lowest BCUT2D eigenvalue weighted by atomic mass is 10.1. The summed E-state index contributed by atoms with van der Waals surface area (Å²) in [5.74, 6) is 0.450. The Labute approximate surface area is 181 Å². The normalized spacial score (nSPS) is 11.0. The molecule has 0 saturated heterocycles. The van der Waals surface area contributed by atoms with Gasteiger partial charge in [0.2, 0.25) is 0 Å². The van der Waals surface area contributed by atoms with Crippen molar-refractivity contribution in [1.29, 1.82) is 0 Å². The van der Waals surface area contributed by atoms with Gasteiger partial charge in [-0.3, -0.25) is 0 Å². The van der Waals surface area contributed by atoms with Gasteiger partial charge in [0.15, 0.2) is 0 Å². The molecule has 168 valence electrons. The molecule has 0 heterocycles. The molecular formula is C26H48N2O. The fraction of sp³-hybridized carbons (Fsp3) is 0.769. The molecule has 3 nitrogen and oxygen atoms in total. The van der Waals surface area contributed by atoms with Gasteiger partial charge in [-0.2, -0.15) is 0 Å². The first-order valence-corrected chi connectivity index (χ1v) is 12.5.